The van der Waals surface area contributed by atoms with E-state index in [1.807, 2.05) is 12.1 Å². The lowest BCUT2D eigenvalue weighted by Crippen LogP contribution is -2.19. The average molecular weight is 359 g/mol. The summed E-state index contributed by atoms with van der Waals surface area (Å²) < 4.78 is 11.5. The fourth-order valence-corrected chi connectivity index (χ4v) is 2.94. The normalized spacial score (nSPS) is 12.7. The second-order valence-corrected chi connectivity index (χ2v) is 5.92. The largest absolute Gasteiger partial charge is 0.486 e. The van der Waals surface area contributed by atoms with Gasteiger partial charge in [-0.15, -0.1) is 0 Å². The number of nitrogen functional groups attached to an aromatic ring is 1. The Morgan fingerprint density at radius 1 is 1.12 bits per heavy atom. The van der Waals surface area contributed by atoms with Gasteiger partial charge in [0.15, 0.2) is 11.5 Å². The van der Waals surface area contributed by atoms with Gasteiger partial charge < -0.3 is 25.6 Å². The summed E-state index contributed by atoms with van der Waals surface area (Å²) in [6.45, 7) is 1.47. The molecule has 0 amide bonds. The molecular formula is C18H21N3O5. The molecule has 2 aromatic carbocycles. The van der Waals surface area contributed by atoms with Gasteiger partial charge in [-0.2, -0.15) is 0 Å². The molecule has 8 nitrogen and oxygen atoms in total. The van der Waals surface area contributed by atoms with Gasteiger partial charge in [-0.3, -0.25) is 10.1 Å². The average Bonchev–Trinajstić information content (AvgIpc) is 2.64. The Morgan fingerprint density at radius 2 is 1.77 bits per heavy atom. The molecule has 4 N–H and O–H groups in total. The molecule has 0 fully saturated rings. The van der Waals surface area contributed by atoms with E-state index in [4.69, 9.17) is 15.2 Å². The van der Waals surface area contributed by atoms with E-state index in [9.17, 15) is 15.2 Å². The molecule has 3 rings (SSSR count). The Morgan fingerprint density at radius 3 is 2.38 bits per heavy atom. The Labute approximate surface area is 150 Å². The number of rotatable bonds is 7. The molecule has 138 valence electrons. The van der Waals surface area contributed by atoms with Crippen molar-refractivity contribution in [2.24, 2.45) is 0 Å². The molecule has 0 bridgehead atoms. The van der Waals surface area contributed by atoms with Gasteiger partial charge >= 0.3 is 0 Å². The van der Waals surface area contributed by atoms with Crippen LogP contribution in [0.3, 0.4) is 0 Å². The van der Waals surface area contributed by atoms with E-state index in [1.54, 1.807) is 12.1 Å². The van der Waals surface area contributed by atoms with Crippen molar-refractivity contribution in [3.05, 3.63) is 51.6 Å². The first-order chi connectivity index (χ1) is 12.6. The molecule has 0 radical (unpaired) electrons. The van der Waals surface area contributed by atoms with E-state index < -0.39 is 4.92 Å². The molecule has 0 unspecified atom stereocenters. The lowest BCUT2D eigenvalue weighted by molar-refractivity contribution is -0.383. The number of nitro benzene ring substituents is 1. The quantitative estimate of drug-likeness (QED) is 0.393. The first-order valence-corrected chi connectivity index (χ1v) is 8.39. The molecule has 0 aliphatic carbocycles. The molecule has 0 spiro atoms. The third kappa shape index (κ3) is 3.80. The lowest BCUT2D eigenvalue weighted by Gasteiger charge is -2.23. The van der Waals surface area contributed by atoms with Gasteiger partial charge in [0.2, 0.25) is 0 Å². The van der Waals surface area contributed by atoms with Gasteiger partial charge in [0.05, 0.1) is 4.92 Å². The van der Waals surface area contributed by atoms with Crippen LogP contribution in [0.15, 0.2) is 30.3 Å². The van der Waals surface area contributed by atoms with Crippen molar-refractivity contribution in [2.75, 3.05) is 37.4 Å². The van der Waals surface area contributed by atoms with Crippen molar-refractivity contribution < 1.29 is 19.5 Å². The minimum absolute atomic E-state index is 0.0392. The van der Waals surface area contributed by atoms with E-state index in [2.05, 4.69) is 5.32 Å². The number of nitrogens with two attached hydrogens (primary N) is 1. The van der Waals surface area contributed by atoms with Crippen molar-refractivity contribution >= 4 is 17.1 Å². The molecular weight excluding hydrogens is 338 g/mol. The zero-order valence-electron chi connectivity index (χ0n) is 14.2. The molecule has 0 aromatic heterocycles. The molecule has 0 saturated carbocycles. The first kappa shape index (κ1) is 17.8. The van der Waals surface area contributed by atoms with E-state index >= 15 is 0 Å². The van der Waals surface area contributed by atoms with Crippen molar-refractivity contribution in [3.8, 4) is 11.5 Å². The smallest absolute Gasteiger partial charge is 0.294 e. The second-order valence-electron chi connectivity index (χ2n) is 5.92. The van der Waals surface area contributed by atoms with Crippen molar-refractivity contribution in [3.63, 3.8) is 0 Å². The van der Waals surface area contributed by atoms with Gasteiger partial charge in [0.1, 0.15) is 18.9 Å². The number of benzene rings is 2. The summed E-state index contributed by atoms with van der Waals surface area (Å²) in [4.78, 5) is 10.7. The molecule has 1 aliphatic heterocycles. The number of ether oxygens (including phenoxy) is 2. The Kier molecular flexibility index (Phi) is 5.43. The van der Waals surface area contributed by atoms with Gasteiger partial charge in [-0.25, -0.2) is 0 Å². The van der Waals surface area contributed by atoms with Crippen molar-refractivity contribution in [1.82, 2.24) is 0 Å². The maximum absolute atomic E-state index is 11.2. The van der Waals surface area contributed by atoms with E-state index in [-0.39, 0.29) is 12.3 Å². The first-order valence-electron chi connectivity index (χ1n) is 8.39. The maximum Gasteiger partial charge on any atom is 0.294 e. The van der Waals surface area contributed by atoms with Gasteiger partial charge in [0, 0.05) is 30.5 Å². The lowest BCUT2D eigenvalue weighted by atomic mass is 10.0. The minimum Gasteiger partial charge on any atom is -0.486 e. The Balaban J connectivity index is 1.74. The number of hydrogen-bond acceptors (Lipinski definition) is 7. The highest BCUT2D eigenvalue weighted by Gasteiger charge is 2.20. The van der Waals surface area contributed by atoms with Crippen LogP contribution < -0.4 is 20.5 Å². The van der Waals surface area contributed by atoms with Crippen LogP contribution in [0.1, 0.15) is 11.1 Å². The van der Waals surface area contributed by atoms with Crippen LogP contribution in [0.25, 0.3) is 0 Å². The van der Waals surface area contributed by atoms with Crippen molar-refractivity contribution in [2.45, 2.75) is 12.8 Å². The van der Waals surface area contributed by atoms with Crippen LogP contribution in [-0.4, -0.2) is 36.4 Å². The van der Waals surface area contributed by atoms with Crippen molar-refractivity contribution in [1.29, 1.82) is 0 Å². The topological polar surface area (TPSA) is 120 Å². The van der Waals surface area contributed by atoms with Crippen LogP contribution >= 0.6 is 0 Å². The van der Waals surface area contributed by atoms with Gasteiger partial charge in [0.25, 0.3) is 5.69 Å². The predicted molar refractivity (Wildman–Crippen MR) is 97.9 cm³/mol. The number of fused-ring (bicyclic) bond motifs is 1. The summed E-state index contributed by atoms with van der Waals surface area (Å²) in [5.74, 6) is 1.37. The monoisotopic (exact) mass is 359 g/mol. The predicted octanol–water partition coefficient (Wildman–Crippen LogP) is 2.14. The third-order valence-electron chi connectivity index (χ3n) is 4.16. The summed E-state index contributed by atoms with van der Waals surface area (Å²) in [7, 11) is 0. The Bertz CT molecular complexity index is 810. The summed E-state index contributed by atoms with van der Waals surface area (Å²) >= 11 is 0. The number of anilines is 2. The SMILES string of the molecule is Nc1ccc(NCCc2ccc(CCO)c3c2OCCO3)c([N+](=O)[O-])c1. The number of hydrogen-bond donors (Lipinski definition) is 3. The van der Waals surface area contributed by atoms with Gasteiger partial charge in [-0.1, -0.05) is 12.1 Å². The summed E-state index contributed by atoms with van der Waals surface area (Å²) in [6.07, 6.45) is 1.11. The van der Waals surface area contributed by atoms with E-state index in [1.165, 1.54) is 6.07 Å². The van der Waals surface area contributed by atoms with Crippen LogP contribution in [0.4, 0.5) is 17.1 Å². The maximum atomic E-state index is 11.2. The number of nitrogens with zero attached hydrogens (tertiary/aromatic N) is 1. The number of nitro groups is 1. The standard InChI is InChI=1S/C18H21N3O5/c19-14-3-4-15(16(11-14)21(23)24)20-7-5-12-1-2-13(6-8-22)18-17(12)25-9-10-26-18/h1-4,11,20,22H,5-10,19H2. The van der Waals surface area contributed by atoms with Gasteiger partial charge in [-0.05, 0) is 30.5 Å². The fourth-order valence-electron chi connectivity index (χ4n) is 2.94. The third-order valence-corrected chi connectivity index (χ3v) is 4.16. The minimum atomic E-state index is -0.457. The second kappa shape index (κ2) is 7.92. The zero-order chi connectivity index (χ0) is 18.5. The summed E-state index contributed by atoms with van der Waals surface area (Å²) in [5.41, 5.74) is 8.20. The van der Waals surface area contributed by atoms with Crippen LogP contribution in [-0.2, 0) is 12.8 Å². The molecule has 2 aromatic rings. The van der Waals surface area contributed by atoms with Crippen LogP contribution in [0, 0.1) is 10.1 Å². The molecule has 1 aliphatic rings. The summed E-state index contributed by atoms with van der Waals surface area (Å²) in [6, 6.07) is 8.43. The highest BCUT2D eigenvalue weighted by molar-refractivity contribution is 5.66. The highest BCUT2D eigenvalue weighted by atomic mass is 16.6. The zero-order valence-corrected chi connectivity index (χ0v) is 14.2. The molecule has 8 heteroatoms. The molecule has 0 atom stereocenters. The molecule has 26 heavy (non-hydrogen) atoms. The number of aliphatic hydroxyl groups is 1. The summed E-state index contributed by atoms with van der Waals surface area (Å²) in [5, 5.41) is 23.4. The number of nitrogens with one attached hydrogen (secondary N) is 1. The van der Waals surface area contributed by atoms with E-state index in [0.717, 1.165) is 11.1 Å². The highest BCUT2D eigenvalue weighted by Crippen LogP contribution is 2.38. The van der Waals surface area contributed by atoms with Crippen LogP contribution in [0.5, 0.6) is 11.5 Å². The van der Waals surface area contributed by atoms with E-state index in [0.29, 0.717) is 55.5 Å². The molecule has 1 heterocycles. The fraction of sp³-hybridized carbons (Fsp3) is 0.333. The molecule has 0 saturated heterocycles. The number of aliphatic hydroxyl groups excluding tert-OH is 1. The Hall–Kier alpha value is -3.00. The van der Waals surface area contributed by atoms with Crippen LogP contribution in [0.2, 0.25) is 0 Å².